The highest BCUT2D eigenvalue weighted by atomic mass is 19.1. The van der Waals surface area contributed by atoms with E-state index in [-0.39, 0.29) is 54.4 Å². The van der Waals surface area contributed by atoms with E-state index in [1.165, 1.54) is 14.5 Å². The Labute approximate surface area is 238 Å². The molecule has 41 heavy (non-hydrogen) atoms. The molecule has 0 saturated heterocycles. The highest BCUT2D eigenvalue weighted by molar-refractivity contribution is 6.06. The molecule has 4 rings (SSSR count). The van der Waals surface area contributed by atoms with Crippen LogP contribution in [0.15, 0.2) is 36.4 Å². The fourth-order valence-electron chi connectivity index (χ4n) is 4.67. The Balaban J connectivity index is 1.50. The third kappa shape index (κ3) is 7.08. The van der Waals surface area contributed by atoms with Crippen molar-refractivity contribution in [2.75, 3.05) is 18.5 Å². The zero-order chi connectivity index (χ0) is 30.1. The van der Waals surface area contributed by atoms with Crippen molar-refractivity contribution in [3.63, 3.8) is 0 Å². The minimum Gasteiger partial charge on any atom is -0.364 e. The lowest BCUT2D eigenvalue weighted by Crippen LogP contribution is -2.43. The van der Waals surface area contributed by atoms with E-state index >= 15 is 0 Å². The summed E-state index contributed by atoms with van der Waals surface area (Å²) < 4.78 is 15.7. The second-order valence-corrected chi connectivity index (χ2v) is 11.8. The minimum absolute atomic E-state index is 0.0118. The van der Waals surface area contributed by atoms with Crippen molar-refractivity contribution in [1.29, 1.82) is 0 Å². The predicted molar refractivity (Wildman–Crippen MR) is 153 cm³/mol. The first kappa shape index (κ1) is 29.7. The second-order valence-electron chi connectivity index (χ2n) is 11.8. The van der Waals surface area contributed by atoms with E-state index in [0.717, 1.165) is 12.8 Å². The van der Waals surface area contributed by atoms with Gasteiger partial charge in [-0.2, -0.15) is 5.10 Å². The number of nitrogens with two attached hydrogens (primary N) is 1. The van der Waals surface area contributed by atoms with Crippen molar-refractivity contribution in [2.24, 2.45) is 11.1 Å². The maximum absolute atomic E-state index is 14.3. The van der Waals surface area contributed by atoms with Gasteiger partial charge in [-0.25, -0.2) is 4.39 Å². The van der Waals surface area contributed by atoms with E-state index < -0.39 is 11.8 Å². The normalized spacial score (nSPS) is 13.2. The fraction of sp³-hybridized carbons (Fsp3) is 0.433. The third-order valence-corrected chi connectivity index (χ3v) is 7.07. The van der Waals surface area contributed by atoms with Gasteiger partial charge < -0.3 is 20.9 Å². The van der Waals surface area contributed by atoms with E-state index in [9.17, 15) is 23.6 Å². The van der Waals surface area contributed by atoms with Gasteiger partial charge in [0.1, 0.15) is 12.4 Å². The fourth-order valence-corrected chi connectivity index (χ4v) is 4.67. The number of carbonyl (C=O) groups is 4. The van der Waals surface area contributed by atoms with Crippen molar-refractivity contribution in [3.05, 3.63) is 59.0 Å². The Hall–Kier alpha value is -4.28. The van der Waals surface area contributed by atoms with E-state index in [2.05, 4.69) is 10.4 Å². The largest absolute Gasteiger partial charge is 0.364 e. The summed E-state index contributed by atoms with van der Waals surface area (Å²) in [5, 5.41) is 7.44. The van der Waals surface area contributed by atoms with Crippen LogP contribution >= 0.6 is 0 Å². The number of aryl methyl sites for hydroxylation is 1. The lowest BCUT2D eigenvalue weighted by Gasteiger charge is -2.23. The van der Waals surface area contributed by atoms with Gasteiger partial charge in [0.25, 0.3) is 5.91 Å². The summed E-state index contributed by atoms with van der Waals surface area (Å²) in [6.45, 7) is 7.22. The van der Waals surface area contributed by atoms with Crippen LogP contribution < -0.4 is 16.0 Å². The van der Waals surface area contributed by atoms with E-state index in [1.807, 2.05) is 20.8 Å². The molecule has 3 aromatic rings. The number of nitrogens with one attached hydrogen (secondary N) is 1. The third-order valence-electron chi connectivity index (χ3n) is 7.07. The zero-order valence-corrected chi connectivity index (χ0v) is 24.2. The Bertz CT molecular complexity index is 1500. The predicted octanol–water partition coefficient (Wildman–Crippen LogP) is 3.29. The number of carbonyl (C=O) groups excluding carboxylic acids is 4. The van der Waals surface area contributed by atoms with Gasteiger partial charge in [0.15, 0.2) is 5.69 Å². The van der Waals surface area contributed by atoms with Gasteiger partial charge in [0.2, 0.25) is 17.7 Å². The molecule has 0 atom stereocenters. The van der Waals surface area contributed by atoms with Crippen LogP contribution in [0.4, 0.5) is 10.1 Å². The first-order chi connectivity index (χ1) is 19.2. The number of amides is 4. The summed E-state index contributed by atoms with van der Waals surface area (Å²) in [6.07, 6.45) is 1.88. The summed E-state index contributed by atoms with van der Waals surface area (Å²) in [5.41, 5.74) is 7.33. The molecule has 0 unspecified atom stereocenters. The van der Waals surface area contributed by atoms with E-state index in [0.29, 0.717) is 34.1 Å². The highest BCUT2D eigenvalue weighted by Gasteiger charge is 2.34. The molecule has 1 saturated carbocycles. The molecule has 1 aromatic heterocycles. The number of nitrogens with zero attached hydrogens (tertiary/aromatic N) is 4. The molecule has 218 valence electrons. The summed E-state index contributed by atoms with van der Waals surface area (Å²) >= 11 is 0. The lowest BCUT2D eigenvalue weighted by atomic mass is 9.91. The Morgan fingerprint density at radius 1 is 1.12 bits per heavy atom. The summed E-state index contributed by atoms with van der Waals surface area (Å²) in [6, 6.07) is 10.0. The summed E-state index contributed by atoms with van der Waals surface area (Å²) in [7, 11) is 1.67. The number of primary amides is 1. The quantitative estimate of drug-likeness (QED) is 0.390. The van der Waals surface area contributed by atoms with Crippen LogP contribution in [0.5, 0.6) is 0 Å². The number of anilines is 1. The van der Waals surface area contributed by atoms with Crippen molar-refractivity contribution < 1.29 is 23.6 Å². The van der Waals surface area contributed by atoms with Gasteiger partial charge in [-0.05, 0) is 48.9 Å². The minimum atomic E-state index is -0.760. The average Bonchev–Trinajstić information content (AvgIpc) is 3.67. The van der Waals surface area contributed by atoms with Gasteiger partial charge in [0, 0.05) is 42.7 Å². The monoisotopic (exact) mass is 564 g/mol. The first-order valence-electron chi connectivity index (χ1n) is 13.6. The Kier molecular flexibility index (Phi) is 8.46. The molecule has 1 fully saturated rings. The molecule has 1 heterocycles. The highest BCUT2D eigenvalue weighted by Crippen LogP contribution is 2.29. The summed E-state index contributed by atoms with van der Waals surface area (Å²) in [5.74, 6) is -1.95. The second kappa shape index (κ2) is 11.7. The van der Waals surface area contributed by atoms with Crippen LogP contribution in [0, 0.1) is 18.2 Å². The molecular weight excluding hydrogens is 527 g/mol. The molecular formula is C30H37FN6O4. The average molecular weight is 565 g/mol. The van der Waals surface area contributed by atoms with Crippen LogP contribution in [0.25, 0.3) is 10.9 Å². The Morgan fingerprint density at radius 3 is 2.46 bits per heavy atom. The zero-order valence-electron chi connectivity index (χ0n) is 24.2. The maximum atomic E-state index is 14.3. The molecule has 0 radical (unpaired) electrons. The first-order valence-corrected chi connectivity index (χ1v) is 13.6. The van der Waals surface area contributed by atoms with Crippen LogP contribution in [0.3, 0.4) is 0 Å². The molecule has 3 N–H and O–H groups in total. The molecule has 1 aliphatic rings. The van der Waals surface area contributed by atoms with Crippen LogP contribution in [0.2, 0.25) is 0 Å². The SMILES string of the molecule is Cc1cccc(CNC(=O)CN(C(=O)Cn2nc(C(N)=O)c3cc(N(C)C(=O)CC(C)(C)C)ccc32)C2CC2)c1F. The molecule has 10 nitrogen and oxygen atoms in total. The van der Waals surface area contributed by atoms with Crippen molar-refractivity contribution >= 4 is 40.2 Å². The smallest absolute Gasteiger partial charge is 0.269 e. The van der Waals surface area contributed by atoms with E-state index in [1.54, 1.807) is 50.4 Å². The number of hydrogen-bond acceptors (Lipinski definition) is 5. The number of hydrogen-bond donors (Lipinski definition) is 2. The standard InChI is InChI=1S/C30H37FN6O4/c1-18-7-6-8-19(27(18)31)15-33-24(38)16-36(20-9-10-20)26(40)17-37-23-12-11-21(13-22(23)28(34-37)29(32)41)35(5)25(39)14-30(2,3)4/h6-8,11-13,20H,9-10,14-17H2,1-5H3,(H2,32,41)(H,33,38). The number of fused-ring (bicyclic) bond motifs is 1. The van der Waals surface area contributed by atoms with Crippen LogP contribution in [-0.2, 0) is 27.5 Å². The molecule has 0 bridgehead atoms. The van der Waals surface area contributed by atoms with E-state index in [4.69, 9.17) is 5.73 Å². The van der Waals surface area contributed by atoms with Gasteiger partial charge >= 0.3 is 0 Å². The molecule has 1 aliphatic carbocycles. The molecule has 0 spiro atoms. The number of halogens is 1. The van der Waals surface area contributed by atoms with Crippen molar-refractivity contribution in [3.8, 4) is 0 Å². The Morgan fingerprint density at radius 2 is 1.83 bits per heavy atom. The number of aromatic nitrogens is 2. The molecule has 0 aliphatic heterocycles. The molecule has 4 amide bonds. The van der Waals surface area contributed by atoms with Gasteiger partial charge in [-0.15, -0.1) is 0 Å². The van der Waals surface area contributed by atoms with Crippen molar-refractivity contribution in [2.45, 2.75) is 66.1 Å². The van der Waals surface area contributed by atoms with Gasteiger partial charge in [-0.1, -0.05) is 39.0 Å². The van der Waals surface area contributed by atoms with Crippen molar-refractivity contribution in [1.82, 2.24) is 20.0 Å². The number of benzene rings is 2. The topological polar surface area (TPSA) is 131 Å². The molecule has 11 heteroatoms. The van der Waals surface area contributed by atoms with Gasteiger partial charge in [0.05, 0.1) is 12.1 Å². The lowest BCUT2D eigenvalue weighted by molar-refractivity contribution is -0.137. The maximum Gasteiger partial charge on any atom is 0.269 e. The van der Waals surface area contributed by atoms with Crippen LogP contribution in [0.1, 0.15) is 61.6 Å². The van der Waals surface area contributed by atoms with Crippen LogP contribution in [-0.4, -0.2) is 57.9 Å². The number of rotatable bonds is 10. The summed E-state index contributed by atoms with van der Waals surface area (Å²) in [4.78, 5) is 54.1. The van der Waals surface area contributed by atoms with Gasteiger partial charge in [-0.3, -0.25) is 23.9 Å². The molecule has 2 aromatic carbocycles.